The predicted molar refractivity (Wildman–Crippen MR) is 317 cm³/mol. The number of aryl methyl sites for hydroxylation is 1. The fourth-order valence-corrected chi connectivity index (χ4v) is 15.8. The number of thiophene rings is 1. The molecule has 3 nitrogen and oxygen atoms in total. The highest BCUT2D eigenvalue weighted by Gasteiger charge is 2.56. The Morgan fingerprint density at radius 1 is 0.413 bits per heavy atom. The van der Waals surface area contributed by atoms with Gasteiger partial charge in [0.25, 0.3) is 6.71 Å². The third kappa shape index (κ3) is 5.30. The molecule has 4 aliphatic rings. The van der Waals surface area contributed by atoms with Gasteiger partial charge in [0, 0.05) is 59.6 Å². The van der Waals surface area contributed by atoms with Crippen LogP contribution in [-0.2, 0) is 5.41 Å². The van der Waals surface area contributed by atoms with Crippen molar-refractivity contribution in [2.45, 2.75) is 12.3 Å². The van der Waals surface area contributed by atoms with Gasteiger partial charge in [-0.1, -0.05) is 212 Å². The second-order valence-corrected chi connectivity index (χ2v) is 21.7. The van der Waals surface area contributed by atoms with Gasteiger partial charge in [-0.15, -0.1) is 11.3 Å². The first-order valence-corrected chi connectivity index (χ1v) is 26.9. The van der Waals surface area contributed by atoms with Gasteiger partial charge in [-0.2, -0.15) is 0 Å². The highest BCUT2D eigenvalue weighted by atomic mass is 32.1. The number of nitrogens with zero attached hydrogens (tertiary/aromatic N) is 3. The molecule has 0 bridgehead atoms. The summed E-state index contributed by atoms with van der Waals surface area (Å²) in [6.07, 6.45) is 0. The monoisotopic (exact) mass is 969 g/mol. The maximum absolute atomic E-state index is 2.70. The van der Waals surface area contributed by atoms with Crippen LogP contribution in [0.25, 0.3) is 71.6 Å². The molecule has 0 fully saturated rings. The van der Waals surface area contributed by atoms with Gasteiger partial charge in [-0.3, -0.25) is 0 Å². The lowest BCUT2D eigenvalue weighted by atomic mass is 9.36. The first-order chi connectivity index (χ1) is 37.2. The van der Waals surface area contributed by atoms with E-state index in [1.165, 1.54) is 149 Å². The minimum atomic E-state index is -0.606. The molecule has 348 valence electrons. The lowest BCUT2D eigenvalue weighted by molar-refractivity contribution is 0.763. The first-order valence-electron chi connectivity index (χ1n) is 26.1. The third-order valence-electron chi connectivity index (χ3n) is 17.0. The summed E-state index contributed by atoms with van der Waals surface area (Å²) in [5.74, 6) is 0. The second kappa shape index (κ2) is 15.2. The van der Waals surface area contributed by atoms with Gasteiger partial charge in [-0.05, 0) is 98.6 Å². The van der Waals surface area contributed by atoms with Crippen LogP contribution in [0.3, 0.4) is 0 Å². The van der Waals surface area contributed by atoms with E-state index in [9.17, 15) is 0 Å². The molecule has 5 heteroatoms. The zero-order chi connectivity index (χ0) is 49.1. The molecular weight excluding hydrogens is 926 g/mol. The Morgan fingerprint density at radius 3 is 1.68 bits per heavy atom. The summed E-state index contributed by atoms with van der Waals surface area (Å²) < 4.78 is 3.93. The number of fused-ring (bicyclic) bond motifs is 19. The molecule has 75 heavy (non-hydrogen) atoms. The average Bonchev–Trinajstić information content (AvgIpc) is 4.27. The molecule has 0 radical (unpaired) electrons. The van der Waals surface area contributed by atoms with Crippen molar-refractivity contribution in [2.75, 3.05) is 9.80 Å². The molecule has 11 aromatic carbocycles. The van der Waals surface area contributed by atoms with E-state index in [0.717, 1.165) is 0 Å². The van der Waals surface area contributed by atoms with Crippen LogP contribution in [0.15, 0.2) is 249 Å². The van der Waals surface area contributed by atoms with E-state index in [4.69, 9.17) is 0 Å². The van der Waals surface area contributed by atoms with E-state index in [1.54, 1.807) is 0 Å². The van der Waals surface area contributed by atoms with Crippen LogP contribution in [0.1, 0.15) is 27.1 Å². The largest absolute Gasteiger partial charge is 0.310 e. The Bertz CT molecular complexity index is 4590. The zero-order valence-electron chi connectivity index (χ0n) is 41.0. The van der Waals surface area contributed by atoms with Crippen LogP contribution < -0.4 is 25.5 Å². The summed E-state index contributed by atoms with van der Waals surface area (Å²) in [5, 5.41) is 5.05. The zero-order valence-corrected chi connectivity index (χ0v) is 41.8. The van der Waals surface area contributed by atoms with Gasteiger partial charge in [-0.25, -0.2) is 0 Å². The van der Waals surface area contributed by atoms with Gasteiger partial charge in [0.1, 0.15) is 0 Å². The molecule has 13 aromatic rings. The molecule has 1 spiro atoms. The standard InChI is InChI=1S/C70H44BN3S/c1-43-41-61-64-62(42-43)74(58-36-17-12-27-48(58)45-23-6-3-7-24-45)67-63-52-30-10-14-32-53(52)70(54-33-15-19-38-60(54)72-59-37-18-13-29-50(59)51-31-20-34-55(70)65(51)72)68(63)75-69(67)71(64)56-40-39-46-25-8-9-28-49(46)66(56)73(61)57-35-16-11-26-47(57)44-21-4-2-5-22-44/h2-42H,1H3/t70-/m0/s1. The number of anilines is 6. The second-order valence-electron chi connectivity index (χ2n) is 20.7. The maximum Gasteiger partial charge on any atom is 0.264 e. The number of aromatic nitrogens is 1. The highest BCUT2D eigenvalue weighted by molar-refractivity contribution is 7.30. The van der Waals surface area contributed by atoms with Gasteiger partial charge in [0.15, 0.2) is 0 Å². The molecular formula is C70H44BN3S. The molecule has 0 saturated heterocycles. The normalized spacial score (nSPS) is 15.2. The maximum atomic E-state index is 2.70. The van der Waals surface area contributed by atoms with E-state index in [0.29, 0.717) is 0 Å². The molecule has 17 rings (SSSR count). The SMILES string of the molecule is Cc1cc2c3c(c1)N(c1ccccc1-c1ccccc1)c1c(ccc4ccccc14)B3c1sc3c(c1N2c1ccccc1-c1ccccc1)-c1ccccc1[C@@]31c2ccccc2-n2c3ccccc3c3cccc1c32. The van der Waals surface area contributed by atoms with Crippen LogP contribution in [0.2, 0.25) is 0 Å². The number of hydrogen-bond acceptors (Lipinski definition) is 3. The van der Waals surface area contributed by atoms with Gasteiger partial charge < -0.3 is 14.4 Å². The minimum Gasteiger partial charge on any atom is -0.310 e. The van der Waals surface area contributed by atoms with E-state index in [1.807, 2.05) is 0 Å². The van der Waals surface area contributed by atoms with Crippen molar-refractivity contribution in [3.05, 3.63) is 276 Å². The molecule has 1 aliphatic carbocycles. The van der Waals surface area contributed by atoms with Crippen molar-refractivity contribution in [3.63, 3.8) is 0 Å². The van der Waals surface area contributed by atoms with Crippen molar-refractivity contribution in [1.82, 2.24) is 4.57 Å². The average molecular weight is 970 g/mol. The fraction of sp³-hybridized carbons (Fsp3) is 0.0286. The van der Waals surface area contributed by atoms with Crippen molar-refractivity contribution >= 4 is 100 Å². The van der Waals surface area contributed by atoms with Crippen LogP contribution >= 0.6 is 11.3 Å². The number of benzene rings is 11. The minimum absolute atomic E-state index is 0.0774. The Balaban J connectivity index is 1.05. The highest BCUT2D eigenvalue weighted by Crippen LogP contribution is 2.66. The molecule has 0 saturated carbocycles. The molecule has 0 amide bonds. The van der Waals surface area contributed by atoms with Crippen LogP contribution in [0, 0.1) is 6.92 Å². The predicted octanol–water partition coefficient (Wildman–Crippen LogP) is 16.4. The Kier molecular flexibility index (Phi) is 8.38. The van der Waals surface area contributed by atoms with E-state index in [2.05, 4.69) is 281 Å². The molecule has 0 unspecified atom stereocenters. The summed E-state index contributed by atoms with van der Waals surface area (Å²) in [5.41, 5.74) is 25.7. The molecule has 2 aromatic heterocycles. The summed E-state index contributed by atoms with van der Waals surface area (Å²) in [6, 6.07) is 93.7. The van der Waals surface area contributed by atoms with E-state index in [-0.39, 0.29) is 6.71 Å². The van der Waals surface area contributed by atoms with Gasteiger partial charge >= 0.3 is 0 Å². The van der Waals surface area contributed by atoms with Gasteiger partial charge in [0.05, 0.1) is 39.2 Å². The summed E-state index contributed by atoms with van der Waals surface area (Å²) >= 11 is 2.06. The van der Waals surface area contributed by atoms with Crippen molar-refractivity contribution < 1.29 is 0 Å². The van der Waals surface area contributed by atoms with Crippen LogP contribution in [0.4, 0.5) is 34.1 Å². The van der Waals surface area contributed by atoms with Crippen molar-refractivity contribution in [3.8, 4) is 39.1 Å². The first kappa shape index (κ1) is 41.3. The molecule has 3 aliphatic heterocycles. The Hall–Kier alpha value is -9.16. The van der Waals surface area contributed by atoms with Gasteiger partial charge in [0.2, 0.25) is 0 Å². The Labute approximate surface area is 439 Å². The van der Waals surface area contributed by atoms with Crippen molar-refractivity contribution in [2.24, 2.45) is 0 Å². The molecule has 0 N–H and O–H groups in total. The fourth-order valence-electron chi connectivity index (χ4n) is 14.2. The van der Waals surface area contributed by atoms with E-state index < -0.39 is 5.41 Å². The number of para-hydroxylation sites is 5. The van der Waals surface area contributed by atoms with E-state index >= 15 is 0 Å². The number of hydrogen-bond donors (Lipinski definition) is 0. The third-order valence-corrected chi connectivity index (χ3v) is 18.3. The van der Waals surface area contributed by atoms with Crippen LogP contribution in [-0.4, -0.2) is 11.3 Å². The molecule has 5 heterocycles. The quantitative estimate of drug-likeness (QED) is 0.163. The Morgan fingerprint density at radius 2 is 0.960 bits per heavy atom. The van der Waals surface area contributed by atoms with Crippen molar-refractivity contribution in [1.29, 1.82) is 0 Å². The topological polar surface area (TPSA) is 11.4 Å². The van der Waals surface area contributed by atoms with Crippen LogP contribution in [0.5, 0.6) is 0 Å². The number of rotatable bonds is 4. The lowest BCUT2D eigenvalue weighted by Gasteiger charge is -2.44. The lowest BCUT2D eigenvalue weighted by Crippen LogP contribution is -2.60. The summed E-state index contributed by atoms with van der Waals surface area (Å²) in [4.78, 5) is 6.71. The smallest absolute Gasteiger partial charge is 0.264 e. The summed E-state index contributed by atoms with van der Waals surface area (Å²) in [7, 11) is 0. The summed E-state index contributed by atoms with van der Waals surface area (Å²) in [6.45, 7) is 2.22. The molecule has 1 atom stereocenters.